The summed E-state index contributed by atoms with van der Waals surface area (Å²) in [4.78, 5) is 23.0. The zero-order valence-corrected chi connectivity index (χ0v) is 6.67. The van der Waals surface area contributed by atoms with E-state index >= 15 is 0 Å². The maximum absolute atomic E-state index is 10.9. The number of H-pyrrole nitrogens is 1. The van der Waals surface area contributed by atoms with Crippen LogP contribution < -0.4 is 5.43 Å². The fraction of sp³-hybridized carbons (Fsp3) is 0.167. The highest BCUT2D eigenvalue weighted by Crippen LogP contribution is 2.11. The maximum atomic E-state index is 10.9. The molecule has 0 bridgehead atoms. The van der Waals surface area contributed by atoms with Crippen LogP contribution in [0.25, 0.3) is 0 Å². The van der Waals surface area contributed by atoms with E-state index in [1.807, 2.05) is 0 Å². The fourth-order valence-corrected chi connectivity index (χ4v) is 1.02. The van der Waals surface area contributed by atoms with Gasteiger partial charge >= 0.3 is 5.69 Å². The molecule has 0 amide bonds. The van der Waals surface area contributed by atoms with Gasteiger partial charge in [-0.05, 0) is 0 Å². The van der Waals surface area contributed by atoms with E-state index in [9.17, 15) is 14.9 Å². The lowest BCUT2D eigenvalue weighted by atomic mass is 10.3. The number of aromatic nitrogens is 1. The van der Waals surface area contributed by atoms with Crippen molar-refractivity contribution in [1.29, 1.82) is 0 Å². The second-order valence-corrected chi connectivity index (χ2v) is 2.33. The molecule has 0 aromatic carbocycles. The molecule has 1 aromatic rings. The number of aromatic amines is 1. The Labute approximate surface area is 72.1 Å². The van der Waals surface area contributed by atoms with Crippen LogP contribution in [0, 0.1) is 10.1 Å². The van der Waals surface area contributed by atoms with Crippen LogP contribution in [0.4, 0.5) is 5.69 Å². The number of nitrogens with zero attached hydrogens (tertiary/aromatic N) is 1. The molecule has 12 heavy (non-hydrogen) atoms. The fourth-order valence-electron chi connectivity index (χ4n) is 0.816. The van der Waals surface area contributed by atoms with Crippen molar-refractivity contribution < 1.29 is 4.92 Å². The van der Waals surface area contributed by atoms with E-state index in [0.717, 1.165) is 6.07 Å². The average molecular weight is 189 g/mol. The summed E-state index contributed by atoms with van der Waals surface area (Å²) in [6.07, 6.45) is 1.33. The van der Waals surface area contributed by atoms with Gasteiger partial charge in [-0.2, -0.15) is 0 Å². The highest BCUT2D eigenvalue weighted by Gasteiger charge is 2.16. The lowest BCUT2D eigenvalue weighted by Gasteiger charge is -1.95. The van der Waals surface area contributed by atoms with Crippen LogP contribution in [0.3, 0.4) is 0 Å². The Bertz CT molecular complexity index is 360. The molecule has 64 valence electrons. The SMILES string of the molecule is O=c1cc[nH]c(CCl)c1[N+](=O)[O-]. The number of halogens is 1. The molecular formula is C6H5ClN2O3. The van der Waals surface area contributed by atoms with E-state index in [0.29, 0.717) is 0 Å². The number of alkyl halides is 1. The van der Waals surface area contributed by atoms with Gasteiger partial charge in [0.2, 0.25) is 0 Å². The Morgan fingerprint density at radius 3 is 2.75 bits per heavy atom. The van der Waals surface area contributed by atoms with Gasteiger partial charge in [0.1, 0.15) is 5.69 Å². The zero-order valence-electron chi connectivity index (χ0n) is 5.91. The summed E-state index contributed by atoms with van der Waals surface area (Å²) in [7, 11) is 0. The van der Waals surface area contributed by atoms with Gasteiger partial charge in [0, 0.05) is 12.3 Å². The molecule has 0 saturated carbocycles. The Morgan fingerprint density at radius 2 is 2.33 bits per heavy atom. The molecule has 0 aliphatic carbocycles. The number of rotatable bonds is 2. The molecule has 5 nitrogen and oxygen atoms in total. The van der Waals surface area contributed by atoms with Crippen LogP contribution in [-0.4, -0.2) is 9.91 Å². The lowest BCUT2D eigenvalue weighted by Crippen LogP contribution is -2.10. The van der Waals surface area contributed by atoms with Crippen molar-refractivity contribution in [1.82, 2.24) is 4.98 Å². The van der Waals surface area contributed by atoms with Crippen LogP contribution in [0.15, 0.2) is 17.1 Å². The molecule has 1 rings (SSSR count). The zero-order chi connectivity index (χ0) is 9.14. The van der Waals surface area contributed by atoms with Gasteiger partial charge in [0.05, 0.1) is 10.8 Å². The first kappa shape index (κ1) is 8.73. The third-order valence-electron chi connectivity index (χ3n) is 1.33. The van der Waals surface area contributed by atoms with Crippen LogP contribution in [-0.2, 0) is 5.88 Å². The summed E-state index contributed by atoms with van der Waals surface area (Å²) in [5.74, 6) is -0.0770. The van der Waals surface area contributed by atoms with E-state index in [4.69, 9.17) is 11.6 Å². The molecule has 0 atom stereocenters. The van der Waals surface area contributed by atoms with Crippen molar-refractivity contribution in [2.75, 3.05) is 0 Å². The predicted molar refractivity (Wildman–Crippen MR) is 43.3 cm³/mol. The molecule has 0 radical (unpaired) electrons. The Kier molecular flexibility index (Phi) is 2.44. The van der Waals surface area contributed by atoms with Crippen molar-refractivity contribution >= 4 is 17.3 Å². The number of hydrogen-bond acceptors (Lipinski definition) is 3. The molecule has 0 fully saturated rings. The van der Waals surface area contributed by atoms with Crippen molar-refractivity contribution in [3.05, 3.63) is 38.3 Å². The molecule has 0 aliphatic rings. The third kappa shape index (κ3) is 1.45. The number of nitro groups is 1. The molecule has 0 aliphatic heterocycles. The highest BCUT2D eigenvalue weighted by molar-refractivity contribution is 6.17. The molecule has 0 spiro atoms. The minimum atomic E-state index is -0.740. The largest absolute Gasteiger partial charge is 0.358 e. The molecule has 1 N–H and O–H groups in total. The Morgan fingerprint density at radius 1 is 1.67 bits per heavy atom. The van der Waals surface area contributed by atoms with Crippen molar-refractivity contribution in [2.24, 2.45) is 0 Å². The van der Waals surface area contributed by atoms with E-state index in [2.05, 4.69) is 4.98 Å². The highest BCUT2D eigenvalue weighted by atomic mass is 35.5. The minimum absolute atomic E-state index is 0.0770. The predicted octanol–water partition coefficient (Wildman–Crippen LogP) is 1.02. The van der Waals surface area contributed by atoms with Gasteiger partial charge in [0.15, 0.2) is 0 Å². The first-order valence-corrected chi connectivity index (χ1v) is 3.61. The Hall–Kier alpha value is -1.36. The molecule has 0 saturated heterocycles. The van der Waals surface area contributed by atoms with E-state index in [-0.39, 0.29) is 11.6 Å². The lowest BCUT2D eigenvalue weighted by molar-refractivity contribution is -0.386. The summed E-state index contributed by atoms with van der Waals surface area (Å²) in [5.41, 5.74) is -0.976. The summed E-state index contributed by atoms with van der Waals surface area (Å²) in [5, 5.41) is 10.3. The third-order valence-corrected chi connectivity index (χ3v) is 1.59. The summed E-state index contributed by atoms with van der Waals surface area (Å²) in [6.45, 7) is 0. The van der Waals surface area contributed by atoms with E-state index in [1.54, 1.807) is 0 Å². The molecular weight excluding hydrogens is 184 g/mol. The first-order valence-electron chi connectivity index (χ1n) is 3.07. The average Bonchev–Trinajstić information content (AvgIpc) is 2.03. The van der Waals surface area contributed by atoms with E-state index in [1.165, 1.54) is 6.20 Å². The minimum Gasteiger partial charge on any atom is -0.358 e. The van der Waals surface area contributed by atoms with Crippen LogP contribution in [0.2, 0.25) is 0 Å². The van der Waals surface area contributed by atoms with Crippen molar-refractivity contribution in [3.8, 4) is 0 Å². The van der Waals surface area contributed by atoms with Crippen LogP contribution in [0.5, 0.6) is 0 Å². The number of hydrogen-bond donors (Lipinski definition) is 1. The number of pyridine rings is 1. The molecule has 6 heteroatoms. The van der Waals surface area contributed by atoms with Gasteiger partial charge in [-0.3, -0.25) is 14.9 Å². The molecule has 1 aromatic heterocycles. The first-order chi connectivity index (χ1) is 5.66. The van der Waals surface area contributed by atoms with Gasteiger partial charge in [0.25, 0.3) is 5.43 Å². The number of nitrogens with one attached hydrogen (secondary N) is 1. The van der Waals surface area contributed by atoms with Crippen molar-refractivity contribution in [2.45, 2.75) is 5.88 Å². The second kappa shape index (κ2) is 3.36. The smallest absolute Gasteiger partial charge is 0.336 e. The second-order valence-electron chi connectivity index (χ2n) is 2.06. The quantitative estimate of drug-likeness (QED) is 0.428. The molecule has 0 unspecified atom stereocenters. The van der Waals surface area contributed by atoms with Gasteiger partial charge in [-0.15, -0.1) is 11.6 Å². The van der Waals surface area contributed by atoms with Gasteiger partial charge in [-0.25, -0.2) is 0 Å². The van der Waals surface area contributed by atoms with Gasteiger partial charge < -0.3 is 4.98 Å². The van der Waals surface area contributed by atoms with Crippen LogP contribution in [0.1, 0.15) is 5.69 Å². The standard InChI is InChI=1S/C6H5ClN2O3/c7-3-4-6(9(11)12)5(10)1-2-8-4/h1-2H,3H2,(H,8,10). The normalized spacial score (nSPS) is 9.75. The monoisotopic (exact) mass is 188 g/mol. The summed E-state index contributed by atoms with van der Waals surface area (Å²) < 4.78 is 0. The van der Waals surface area contributed by atoms with Crippen LogP contribution >= 0.6 is 11.6 Å². The summed E-state index contributed by atoms with van der Waals surface area (Å²) >= 11 is 5.37. The maximum Gasteiger partial charge on any atom is 0.336 e. The van der Waals surface area contributed by atoms with Crippen molar-refractivity contribution in [3.63, 3.8) is 0 Å². The summed E-state index contributed by atoms with van der Waals surface area (Å²) in [6, 6.07) is 1.09. The van der Waals surface area contributed by atoms with E-state index < -0.39 is 16.0 Å². The topological polar surface area (TPSA) is 76.0 Å². The molecule has 1 heterocycles. The Balaban J connectivity index is 3.40. The van der Waals surface area contributed by atoms with Gasteiger partial charge in [-0.1, -0.05) is 0 Å².